The summed E-state index contributed by atoms with van der Waals surface area (Å²) in [5.41, 5.74) is 9.50. The van der Waals surface area contributed by atoms with Crippen molar-refractivity contribution in [2.45, 2.75) is 0 Å². The second kappa shape index (κ2) is 8.43. The molecule has 0 spiro atoms. The van der Waals surface area contributed by atoms with Crippen molar-refractivity contribution in [1.29, 1.82) is 0 Å². The smallest absolute Gasteiger partial charge is 0.323 e. The number of amides is 3. The van der Waals surface area contributed by atoms with E-state index in [4.69, 9.17) is 5.73 Å². The quantitative estimate of drug-likeness (QED) is 0.365. The van der Waals surface area contributed by atoms with Gasteiger partial charge in [0.2, 0.25) is 0 Å². The highest BCUT2D eigenvalue weighted by Crippen LogP contribution is 2.33. The Labute approximate surface area is 184 Å². The molecule has 4 aromatic rings. The van der Waals surface area contributed by atoms with E-state index in [9.17, 15) is 14.0 Å². The average Bonchev–Trinajstić information content (AvgIpc) is 3.16. The standard InChI is InChI=1S/C24H22FN5O2/c1-30(2)16-11-12-18(25)20(13-16)29-24(32)27-15-9-7-14(8-10-15)21-17-5-3-4-6-19(17)28-22(21)23(26)31/h3-13,28H,1-2H3,(H2,26,31)(H2,27,29,32). The molecule has 0 aliphatic heterocycles. The molecule has 4 rings (SSSR count). The Bertz CT molecular complexity index is 1310. The Kier molecular flexibility index (Phi) is 5.51. The maximum absolute atomic E-state index is 14.1. The number of aromatic nitrogens is 1. The lowest BCUT2D eigenvalue weighted by Crippen LogP contribution is -2.20. The van der Waals surface area contributed by atoms with Crippen LogP contribution in [0.4, 0.5) is 26.2 Å². The van der Waals surface area contributed by atoms with Crippen molar-refractivity contribution in [2.24, 2.45) is 5.73 Å². The number of primary amides is 1. The van der Waals surface area contributed by atoms with Gasteiger partial charge < -0.3 is 26.3 Å². The topological polar surface area (TPSA) is 103 Å². The minimum absolute atomic E-state index is 0.0789. The Hall–Kier alpha value is -4.33. The number of nitrogens with one attached hydrogen (secondary N) is 3. The van der Waals surface area contributed by atoms with Gasteiger partial charge in [0.1, 0.15) is 11.5 Å². The molecule has 1 heterocycles. The van der Waals surface area contributed by atoms with Gasteiger partial charge in [-0.2, -0.15) is 0 Å². The summed E-state index contributed by atoms with van der Waals surface area (Å²) in [6.45, 7) is 0. The summed E-state index contributed by atoms with van der Waals surface area (Å²) in [6, 6.07) is 18.4. The molecule has 5 N–H and O–H groups in total. The Balaban J connectivity index is 1.55. The van der Waals surface area contributed by atoms with Crippen LogP contribution in [0, 0.1) is 5.82 Å². The monoisotopic (exact) mass is 431 g/mol. The number of H-pyrrole nitrogens is 1. The van der Waals surface area contributed by atoms with Gasteiger partial charge in [-0.05, 0) is 42.0 Å². The van der Waals surface area contributed by atoms with Gasteiger partial charge in [0, 0.05) is 41.9 Å². The van der Waals surface area contributed by atoms with Crippen LogP contribution in [0.15, 0.2) is 66.7 Å². The molecule has 1 aromatic heterocycles. The number of anilines is 3. The summed E-state index contributed by atoms with van der Waals surface area (Å²) in [7, 11) is 3.66. The van der Waals surface area contributed by atoms with E-state index in [0.29, 0.717) is 16.9 Å². The third-order valence-electron chi connectivity index (χ3n) is 5.10. The van der Waals surface area contributed by atoms with E-state index in [1.807, 2.05) is 43.3 Å². The fourth-order valence-corrected chi connectivity index (χ4v) is 3.52. The second-order valence-corrected chi connectivity index (χ2v) is 7.50. The van der Waals surface area contributed by atoms with Crippen LogP contribution < -0.4 is 21.3 Å². The van der Waals surface area contributed by atoms with Gasteiger partial charge in [-0.3, -0.25) is 4.79 Å². The van der Waals surface area contributed by atoms with E-state index < -0.39 is 17.8 Å². The molecular formula is C24H22FN5O2. The highest BCUT2D eigenvalue weighted by atomic mass is 19.1. The van der Waals surface area contributed by atoms with E-state index in [0.717, 1.165) is 22.2 Å². The molecule has 0 saturated carbocycles. The van der Waals surface area contributed by atoms with Gasteiger partial charge in [-0.15, -0.1) is 0 Å². The first-order valence-corrected chi connectivity index (χ1v) is 9.89. The number of para-hydroxylation sites is 1. The Morgan fingerprint density at radius 2 is 1.69 bits per heavy atom. The van der Waals surface area contributed by atoms with Gasteiger partial charge in [0.15, 0.2) is 0 Å². The second-order valence-electron chi connectivity index (χ2n) is 7.50. The molecule has 0 atom stereocenters. The van der Waals surface area contributed by atoms with Crippen LogP contribution in [0.5, 0.6) is 0 Å². The van der Waals surface area contributed by atoms with Crippen LogP contribution >= 0.6 is 0 Å². The van der Waals surface area contributed by atoms with Crippen LogP contribution in [-0.2, 0) is 0 Å². The van der Waals surface area contributed by atoms with Gasteiger partial charge >= 0.3 is 6.03 Å². The molecule has 32 heavy (non-hydrogen) atoms. The average molecular weight is 431 g/mol. The number of nitrogens with zero attached hydrogens (tertiary/aromatic N) is 1. The number of benzene rings is 3. The van der Waals surface area contributed by atoms with E-state index in [-0.39, 0.29) is 5.69 Å². The SMILES string of the molecule is CN(C)c1ccc(F)c(NC(=O)Nc2ccc(-c3c(C(N)=O)[nH]c4ccccc34)cc2)c1. The zero-order valence-electron chi connectivity index (χ0n) is 17.6. The summed E-state index contributed by atoms with van der Waals surface area (Å²) in [4.78, 5) is 29.2. The molecule has 0 aliphatic rings. The van der Waals surface area contributed by atoms with E-state index >= 15 is 0 Å². The van der Waals surface area contributed by atoms with Crippen molar-refractivity contribution < 1.29 is 14.0 Å². The Morgan fingerprint density at radius 1 is 0.969 bits per heavy atom. The fourth-order valence-electron chi connectivity index (χ4n) is 3.52. The first-order valence-electron chi connectivity index (χ1n) is 9.89. The first-order chi connectivity index (χ1) is 15.3. The maximum Gasteiger partial charge on any atom is 0.323 e. The van der Waals surface area contributed by atoms with Crippen LogP contribution in [0.3, 0.4) is 0 Å². The molecule has 162 valence electrons. The number of nitrogens with two attached hydrogens (primary N) is 1. The molecule has 7 nitrogen and oxygen atoms in total. The molecule has 0 fully saturated rings. The van der Waals surface area contributed by atoms with Crippen molar-refractivity contribution in [1.82, 2.24) is 4.98 Å². The van der Waals surface area contributed by atoms with Crippen molar-refractivity contribution in [2.75, 3.05) is 29.6 Å². The van der Waals surface area contributed by atoms with Crippen LogP contribution in [0.1, 0.15) is 10.5 Å². The van der Waals surface area contributed by atoms with E-state index in [1.54, 1.807) is 36.4 Å². The largest absolute Gasteiger partial charge is 0.378 e. The summed E-state index contributed by atoms with van der Waals surface area (Å²) < 4.78 is 14.1. The molecule has 0 saturated heterocycles. The number of carbonyl (C=O) groups excluding carboxylic acids is 2. The predicted molar refractivity (Wildman–Crippen MR) is 126 cm³/mol. The molecule has 0 radical (unpaired) electrons. The summed E-state index contributed by atoms with van der Waals surface area (Å²) in [5, 5.41) is 6.08. The number of hydrogen-bond donors (Lipinski definition) is 4. The molecule has 3 aromatic carbocycles. The lowest BCUT2D eigenvalue weighted by molar-refractivity contribution is 0.0997. The number of fused-ring (bicyclic) bond motifs is 1. The van der Waals surface area contributed by atoms with Crippen molar-refractivity contribution in [3.05, 3.63) is 78.2 Å². The summed E-state index contributed by atoms with van der Waals surface area (Å²) >= 11 is 0. The van der Waals surface area contributed by atoms with Crippen molar-refractivity contribution in [3.63, 3.8) is 0 Å². The van der Waals surface area contributed by atoms with Gasteiger partial charge in [-0.25, -0.2) is 9.18 Å². The number of halogens is 1. The Morgan fingerprint density at radius 3 is 2.38 bits per heavy atom. The molecule has 0 unspecified atom stereocenters. The number of carbonyl (C=O) groups is 2. The number of urea groups is 1. The molecular weight excluding hydrogens is 409 g/mol. The number of rotatable bonds is 5. The normalized spacial score (nSPS) is 10.7. The number of hydrogen-bond acceptors (Lipinski definition) is 3. The maximum atomic E-state index is 14.1. The molecule has 3 amide bonds. The van der Waals surface area contributed by atoms with E-state index in [1.165, 1.54) is 6.07 Å². The lowest BCUT2D eigenvalue weighted by Gasteiger charge is -2.15. The van der Waals surface area contributed by atoms with Crippen molar-refractivity contribution in [3.8, 4) is 11.1 Å². The number of aromatic amines is 1. The predicted octanol–water partition coefficient (Wildman–Crippen LogP) is 4.78. The highest BCUT2D eigenvalue weighted by Gasteiger charge is 2.17. The molecule has 8 heteroatoms. The van der Waals surface area contributed by atoms with Gasteiger partial charge in [0.25, 0.3) is 5.91 Å². The summed E-state index contributed by atoms with van der Waals surface area (Å²) in [6.07, 6.45) is 0. The first kappa shape index (κ1) is 20.9. The summed E-state index contributed by atoms with van der Waals surface area (Å²) in [5.74, 6) is -1.08. The van der Waals surface area contributed by atoms with Crippen LogP contribution in [0.2, 0.25) is 0 Å². The minimum Gasteiger partial charge on any atom is -0.378 e. The zero-order chi connectivity index (χ0) is 22.8. The third-order valence-corrected chi connectivity index (χ3v) is 5.10. The molecule has 0 bridgehead atoms. The van der Waals surface area contributed by atoms with Crippen molar-refractivity contribution >= 4 is 39.9 Å². The van der Waals surface area contributed by atoms with Crippen LogP contribution in [-0.4, -0.2) is 31.0 Å². The highest BCUT2D eigenvalue weighted by molar-refractivity contribution is 6.09. The van der Waals surface area contributed by atoms with Crippen LogP contribution in [0.25, 0.3) is 22.0 Å². The van der Waals surface area contributed by atoms with E-state index in [2.05, 4.69) is 15.6 Å². The fraction of sp³-hybridized carbons (Fsp3) is 0.0833. The lowest BCUT2D eigenvalue weighted by atomic mass is 10.0. The minimum atomic E-state index is -0.572. The third kappa shape index (κ3) is 4.11. The molecule has 0 aliphatic carbocycles. The van der Waals surface area contributed by atoms with Gasteiger partial charge in [0.05, 0.1) is 5.69 Å². The van der Waals surface area contributed by atoms with Gasteiger partial charge in [-0.1, -0.05) is 30.3 Å². The zero-order valence-corrected chi connectivity index (χ0v) is 17.6.